The summed E-state index contributed by atoms with van der Waals surface area (Å²) < 4.78 is 5.30. The lowest BCUT2D eigenvalue weighted by Gasteiger charge is -2.28. The first-order chi connectivity index (χ1) is 19.9. The minimum absolute atomic E-state index is 0.142. The average Bonchev–Trinajstić information content (AvgIpc) is 3.24. The van der Waals surface area contributed by atoms with Crippen LogP contribution in [-0.4, -0.2) is 29.1 Å². The van der Waals surface area contributed by atoms with E-state index in [9.17, 15) is 14.7 Å². The summed E-state index contributed by atoms with van der Waals surface area (Å²) in [4.78, 5) is 29.0. The number of benzene rings is 3. The van der Waals surface area contributed by atoms with E-state index in [-0.39, 0.29) is 12.3 Å². The number of aliphatic carboxylic acids is 1. The first kappa shape index (κ1) is 26.8. The van der Waals surface area contributed by atoms with Gasteiger partial charge in [-0.25, -0.2) is 0 Å². The number of anilines is 1. The maximum atomic E-state index is 12.9. The highest BCUT2D eigenvalue weighted by Crippen LogP contribution is 2.42. The lowest BCUT2D eigenvalue weighted by molar-refractivity contribution is -0.136. The van der Waals surface area contributed by atoms with Crippen LogP contribution in [0.4, 0.5) is 5.69 Å². The molecule has 0 radical (unpaired) electrons. The van der Waals surface area contributed by atoms with E-state index in [2.05, 4.69) is 35.6 Å². The van der Waals surface area contributed by atoms with Gasteiger partial charge in [-0.3, -0.25) is 14.6 Å². The van der Waals surface area contributed by atoms with Gasteiger partial charge in [0.15, 0.2) is 0 Å². The van der Waals surface area contributed by atoms with E-state index in [0.717, 1.165) is 27.9 Å². The predicted octanol–water partition coefficient (Wildman–Crippen LogP) is 7.55. The maximum absolute atomic E-state index is 12.9. The SMILES string of the molecule is COc1ccc(C/C=C2\C(=O)Nc3cc(Cl)c(-c4ccc(-c5ccccc5C5CCC5)cn4)cc32)cc1CC(=O)O. The van der Waals surface area contributed by atoms with E-state index >= 15 is 0 Å². The van der Waals surface area contributed by atoms with Crippen LogP contribution in [0.3, 0.4) is 0 Å². The number of nitrogens with zero attached hydrogens (tertiary/aromatic N) is 1. The second-order valence-electron chi connectivity index (χ2n) is 10.5. The number of ether oxygens (including phenoxy) is 1. The summed E-state index contributed by atoms with van der Waals surface area (Å²) in [6, 6.07) is 21.7. The fourth-order valence-corrected chi connectivity index (χ4v) is 5.90. The number of halogens is 1. The van der Waals surface area contributed by atoms with E-state index < -0.39 is 5.97 Å². The Morgan fingerprint density at radius 2 is 1.90 bits per heavy atom. The van der Waals surface area contributed by atoms with E-state index in [1.807, 2.05) is 30.5 Å². The first-order valence-corrected chi connectivity index (χ1v) is 14.1. The van der Waals surface area contributed by atoms with E-state index in [1.54, 1.807) is 18.2 Å². The molecule has 4 aromatic rings. The highest BCUT2D eigenvalue weighted by Gasteiger charge is 2.26. The number of amides is 1. The number of carbonyl (C=O) groups is 2. The number of fused-ring (bicyclic) bond motifs is 1. The molecule has 41 heavy (non-hydrogen) atoms. The molecule has 1 aliphatic carbocycles. The fraction of sp³-hybridized carbons (Fsp3) is 0.206. The van der Waals surface area contributed by atoms with Gasteiger partial charge in [-0.15, -0.1) is 0 Å². The molecule has 0 atom stereocenters. The number of carboxylic acids is 1. The van der Waals surface area contributed by atoms with Crippen molar-refractivity contribution in [1.29, 1.82) is 0 Å². The first-order valence-electron chi connectivity index (χ1n) is 13.7. The number of hydrogen-bond acceptors (Lipinski definition) is 4. The molecule has 7 heteroatoms. The minimum atomic E-state index is -0.934. The summed E-state index contributed by atoms with van der Waals surface area (Å²) in [6.45, 7) is 0. The lowest BCUT2D eigenvalue weighted by atomic mass is 9.77. The van der Waals surface area contributed by atoms with Crippen molar-refractivity contribution in [3.05, 3.63) is 106 Å². The standard InChI is InChI=1S/C34H29ClN2O4/c1-41-32-14-10-20(15-23(32)16-33(38)39)9-12-26-27-17-28(29(35)18-31(27)37-34(26)40)30-13-11-22(19-36-30)25-8-3-2-7-24(25)21-5-4-6-21/h2-3,7-8,10-15,17-19,21H,4-6,9,16H2,1H3,(H,37,40)(H,38,39)/b26-12-. The molecule has 1 saturated carbocycles. The van der Waals surface area contributed by atoms with Crippen LogP contribution < -0.4 is 10.1 Å². The van der Waals surface area contributed by atoms with E-state index in [4.69, 9.17) is 21.3 Å². The number of carboxylic acid groups (broad SMARTS) is 1. The van der Waals surface area contributed by atoms with Crippen molar-refractivity contribution < 1.29 is 19.4 Å². The third-order valence-electron chi connectivity index (χ3n) is 7.97. The molecule has 1 amide bonds. The number of nitrogens with one attached hydrogen (secondary N) is 1. The monoisotopic (exact) mass is 564 g/mol. The van der Waals surface area contributed by atoms with E-state index in [0.29, 0.717) is 39.9 Å². The topological polar surface area (TPSA) is 88.5 Å². The number of aromatic nitrogens is 1. The van der Waals surface area contributed by atoms with Crippen molar-refractivity contribution in [1.82, 2.24) is 4.98 Å². The second kappa shape index (κ2) is 11.2. The van der Waals surface area contributed by atoms with Gasteiger partial charge in [0.1, 0.15) is 5.75 Å². The molecule has 6 nitrogen and oxygen atoms in total. The Hall–Kier alpha value is -4.42. The highest BCUT2D eigenvalue weighted by molar-refractivity contribution is 6.36. The van der Waals surface area contributed by atoms with Crippen LogP contribution in [0.2, 0.25) is 5.02 Å². The Balaban J connectivity index is 1.29. The second-order valence-corrected chi connectivity index (χ2v) is 10.9. The zero-order valence-electron chi connectivity index (χ0n) is 22.6. The number of hydrogen-bond donors (Lipinski definition) is 2. The van der Waals surface area contributed by atoms with Crippen LogP contribution in [0.1, 0.15) is 47.4 Å². The summed E-state index contributed by atoms with van der Waals surface area (Å²) in [5.41, 5.74) is 8.59. The van der Waals surface area contributed by atoms with Crippen molar-refractivity contribution >= 4 is 34.7 Å². The summed E-state index contributed by atoms with van der Waals surface area (Å²) in [7, 11) is 1.52. The predicted molar refractivity (Wildman–Crippen MR) is 161 cm³/mol. The van der Waals surface area contributed by atoms with Crippen molar-refractivity contribution in [2.45, 2.75) is 38.0 Å². The Labute approximate surface area is 243 Å². The molecule has 6 rings (SSSR count). The molecule has 0 unspecified atom stereocenters. The minimum Gasteiger partial charge on any atom is -0.496 e. The van der Waals surface area contributed by atoms with Crippen LogP contribution in [0.15, 0.2) is 79.0 Å². The Kier molecular flexibility index (Phi) is 7.33. The van der Waals surface area contributed by atoms with Crippen LogP contribution in [0, 0.1) is 0 Å². The molecule has 0 spiro atoms. The summed E-state index contributed by atoms with van der Waals surface area (Å²) >= 11 is 6.68. The van der Waals surface area contributed by atoms with Gasteiger partial charge in [0.05, 0.1) is 29.9 Å². The van der Waals surface area contributed by atoms with Crippen LogP contribution in [0.25, 0.3) is 28.0 Å². The number of methoxy groups -OCH3 is 1. The molecule has 3 aromatic carbocycles. The molecule has 2 heterocycles. The number of pyridine rings is 1. The van der Waals surface area contributed by atoms with Crippen molar-refractivity contribution in [3.63, 3.8) is 0 Å². The van der Waals surface area contributed by atoms with Gasteiger partial charge in [-0.05, 0) is 66.1 Å². The third kappa shape index (κ3) is 5.35. The summed E-state index contributed by atoms with van der Waals surface area (Å²) in [5, 5.41) is 12.7. The van der Waals surface area contributed by atoms with Gasteiger partial charge in [0.25, 0.3) is 5.91 Å². The van der Waals surface area contributed by atoms with E-state index in [1.165, 1.54) is 37.5 Å². The van der Waals surface area contributed by atoms with Gasteiger partial charge in [0, 0.05) is 34.0 Å². The quantitative estimate of drug-likeness (QED) is 0.216. The molecule has 206 valence electrons. The Morgan fingerprint density at radius 3 is 2.61 bits per heavy atom. The van der Waals surface area contributed by atoms with Crippen molar-refractivity contribution in [3.8, 4) is 28.1 Å². The van der Waals surface area contributed by atoms with Gasteiger partial charge in [0.2, 0.25) is 0 Å². The lowest BCUT2D eigenvalue weighted by Crippen LogP contribution is -2.09. The van der Waals surface area contributed by atoms with Crippen LogP contribution in [-0.2, 0) is 22.4 Å². The molecular weight excluding hydrogens is 536 g/mol. The number of rotatable bonds is 8. The summed E-state index contributed by atoms with van der Waals surface area (Å²) in [6.07, 6.45) is 7.82. The molecule has 1 fully saturated rings. The van der Waals surface area contributed by atoms with Gasteiger partial charge < -0.3 is 15.2 Å². The molecule has 1 aliphatic heterocycles. The number of allylic oxidation sites excluding steroid dienone is 1. The van der Waals surface area contributed by atoms with Crippen molar-refractivity contribution in [2.24, 2.45) is 0 Å². The third-order valence-corrected chi connectivity index (χ3v) is 8.29. The molecule has 0 saturated heterocycles. The largest absolute Gasteiger partial charge is 0.496 e. The highest BCUT2D eigenvalue weighted by atomic mass is 35.5. The molecule has 2 N–H and O–H groups in total. The molecule has 1 aromatic heterocycles. The van der Waals surface area contributed by atoms with Gasteiger partial charge in [-0.2, -0.15) is 0 Å². The van der Waals surface area contributed by atoms with Crippen LogP contribution in [0.5, 0.6) is 5.75 Å². The number of carbonyl (C=O) groups excluding carboxylic acids is 1. The zero-order valence-corrected chi connectivity index (χ0v) is 23.4. The average molecular weight is 565 g/mol. The summed E-state index contributed by atoms with van der Waals surface area (Å²) in [5.74, 6) is 0.00552. The van der Waals surface area contributed by atoms with Crippen molar-refractivity contribution in [2.75, 3.05) is 12.4 Å². The molecule has 0 bridgehead atoms. The fourth-order valence-electron chi connectivity index (χ4n) is 5.64. The Morgan fingerprint density at radius 1 is 1.07 bits per heavy atom. The zero-order chi connectivity index (χ0) is 28.5. The van der Waals surface area contributed by atoms with Gasteiger partial charge in [-0.1, -0.05) is 66.6 Å². The molecule has 2 aliphatic rings. The van der Waals surface area contributed by atoms with Crippen LogP contribution >= 0.6 is 11.6 Å². The smallest absolute Gasteiger partial charge is 0.307 e. The Bertz CT molecular complexity index is 1690. The normalized spacial score (nSPS) is 15.4. The van der Waals surface area contributed by atoms with Gasteiger partial charge >= 0.3 is 5.97 Å². The molecular formula is C34H29ClN2O4. The maximum Gasteiger partial charge on any atom is 0.307 e.